The largest absolute Gasteiger partial charge is 0.496 e. The molecule has 0 aliphatic heterocycles. The Bertz CT molecular complexity index is 1010. The van der Waals surface area contributed by atoms with E-state index in [-0.39, 0.29) is 0 Å². The first kappa shape index (κ1) is 21.6. The molecule has 0 bridgehead atoms. The molecule has 2 N–H and O–H groups in total. The van der Waals surface area contributed by atoms with E-state index in [1.807, 2.05) is 12.1 Å². The molecular weight excluding hydrogens is 404 g/mol. The highest BCUT2D eigenvalue weighted by atomic mass is 35.5. The Kier molecular flexibility index (Phi) is 6.72. The van der Waals surface area contributed by atoms with Crippen LogP contribution in [-0.2, 0) is 0 Å². The second-order valence-corrected chi connectivity index (χ2v) is 9.02. The van der Waals surface area contributed by atoms with Gasteiger partial charge in [0.2, 0.25) is 0 Å². The quantitative estimate of drug-likeness (QED) is 0.397. The molecule has 4 heteroatoms. The van der Waals surface area contributed by atoms with E-state index in [1.165, 1.54) is 31.4 Å². The lowest BCUT2D eigenvalue weighted by molar-refractivity contribution is 0.416. The predicted octanol–water partition coefficient (Wildman–Crippen LogP) is 7.86. The predicted molar refractivity (Wildman–Crippen MR) is 134 cm³/mol. The first-order valence-electron chi connectivity index (χ1n) is 11.1. The van der Waals surface area contributed by atoms with Gasteiger partial charge in [-0.3, -0.25) is 0 Å². The molecule has 4 rings (SSSR count). The zero-order valence-corrected chi connectivity index (χ0v) is 19.3. The first-order chi connectivity index (χ1) is 15.0. The molecule has 1 fully saturated rings. The van der Waals surface area contributed by atoms with Crippen LogP contribution in [-0.4, -0.2) is 19.2 Å². The molecule has 3 aromatic rings. The molecule has 0 atom stereocenters. The van der Waals surface area contributed by atoms with Crippen molar-refractivity contribution in [1.82, 2.24) is 0 Å². The van der Waals surface area contributed by atoms with E-state index in [0.29, 0.717) is 17.1 Å². The maximum absolute atomic E-state index is 6.73. The Balaban J connectivity index is 1.58. The highest BCUT2D eigenvalue weighted by Gasteiger charge is 2.16. The molecule has 31 heavy (non-hydrogen) atoms. The summed E-state index contributed by atoms with van der Waals surface area (Å²) in [4.78, 5) is 0. The lowest BCUT2D eigenvalue weighted by Gasteiger charge is -2.16. The summed E-state index contributed by atoms with van der Waals surface area (Å²) in [5.41, 5.74) is 6.41. The molecular formula is C27H31ClN2O. The maximum atomic E-state index is 6.73. The minimum atomic E-state index is 0.397. The Labute approximate surface area is 190 Å². The molecule has 1 aliphatic rings. The Morgan fingerprint density at radius 3 is 2.00 bits per heavy atom. The van der Waals surface area contributed by atoms with Crippen LogP contribution in [0.1, 0.15) is 39.5 Å². The van der Waals surface area contributed by atoms with Crippen LogP contribution in [0.4, 0.5) is 11.4 Å². The van der Waals surface area contributed by atoms with Crippen molar-refractivity contribution in [2.45, 2.75) is 51.6 Å². The maximum Gasteiger partial charge on any atom is 0.127 e. The van der Waals surface area contributed by atoms with Crippen LogP contribution < -0.4 is 15.4 Å². The average Bonchev–Trinajstić information content (AvgIpc) is 3.27. The van der Waals surface area contributed by atoms with Gasteiger partial charge in [0, 0.05) is 39.6 Å². The van der Waals surface area contributed by atoms with Gasteiger partial charge in [0.15, 0.2) is 0 Å². The number of benzene rings is 3. The lowest BCUT2D eigenvalue weighted by Crippen LogP contribution is -2.14. The van der Waals surface area contributed by atoms with Gasteiger partial charge in [0.05, 0.1) is 7.11 Å². The minimum absolute atomic E-state index is 0.397. The van der Waals surface area contributed by atoms with E-state index in [0.717, 1.165) is 33.7 Å². The van der Waals surface area contributed by atoms with E-state index in [9.17, 15) is 0 Å². The van der Waals surface area contributed by atoms with Crippen LogP contribution in [0.2, 0.25) is 5.02 Å². The third kappa shape index (κ3) is 5.16. The van der Waals surface area contributed by atoms with Crippen LogP contribution in [0.25, 0.3) is 22.3 Å². The smallest absolute Gasteiger partial charge is 0.127 e. The SMILES string of the molecule is COc1cc(-c2ccc(NC(C)C)cc2)c(Cl)cc1-c1ccc(NC2CCCC2)cc1. The van der Waals surface area contributed by atoms with Crippen molar-refractivity contribution < 1.29 is 4.74 Å². The summed E-state index contributed by atoms with van der Waals surface area (Å²) in [6, 6.07) is 22.0. The molecule has 3 nitrogen and oxygen atoms in total. The summed E-state index contributed by atoms with van der Waals surface area (Å²) in [7, 11) is 1.71. The van der Waals surface area contributed by atoms with E-state index < -0.39 is 0 Å². The fourth-order valence-electron chi connectivity index (χ4n) is 4.30. The molecule has 162 valence electrons. The molecule has 3 aromatic carbocycles. The highest BCUT2D eigenvalue weighted by molar-refractivity contribution is 6.33. The van der Waals surface area contributed by atoms with Crippen molar-refractivity contribution in [3.8, 4) is 28.0 Å². The molecule has 0 radical (unpaired) electrons. The third-order valence-electron chi connectivity index (χ3n) is 5.86. The average molecular weight is 435 g/mol. The Morgan fingerprint density at radius 1 is 0.839 bits per heavy atom. The minimum Gasteiger partial charge on any atom is -0.496 e. The first-order valence-corrected chi connectivity index (χ1v) is 11.5. The van der Waals surface area contributed by atoms with Gasteiger partial charge in [-0.2, -0.15) is 0 Å². The van der Waals surface area contributed by atoms with Gasteiger partial charge < -0.3 is 15.4 Å². The topological polar surface area (TPSA) is 33.3 Å². The van der Waals surface area contributed by atoms with Crippen molar-refractivity contribution in [2.24, 2.45) is 0 Å². The fraction of sp³-hybridized carbons (Fsp3) is 0.333. The number of methoxy groups -OCH3 is 1. The van der Waals surface area contributed by atoms with Crippen LogP contribution in [0.15, 0.2) is 60.7 Å². The van der Waals surface area contributed by atoms with Crippen LogP contribution in [0.3, 0.4) is 0 Å². The lowest BCUT2D eigenvalue weighted by atomic mass is 9.98. The van der Waals surface area contributed by atoms with E-state index in [1.54, 1.807) is 7.11 Å². The van der Waals surface area contributed by atoms with E-state index >= 15 is 0 Å². The summed E-state index contributed by atoms with van der Waals surface area (Å²) >= 11 is 6.73. The number of halogens is 1. The molecule has 1 aliphatic carbocycles. The second kappa shape index (κ2) is 9.65. The molecule has 0 heterocycles. The van der Waals surface area contributed by atoms with Gasteiger partial charge in [0.25, 0.3) is 0 Å². The van der Waals surface area contributed by atoms with Crippen LogP contribution in [0.5, 0.6) is 5.75 Å². The standard InChI is InChI=1S/C27H31ClN2O/c1-18(2)29-22-12-8-19(9-13-22)24-17-27(31-3)25(16-26(24)28)20-10-14-23(15-11-20)30-21-6-4-5-7-21/h8-18,21,29-30H,4-7H2,1-3H3. The number of hydrogen-bond donors (Lipinski definition) is 2. The van der Waals surface area contributed by atoms with Gasteiger partial charge in [-0.05, 0) is 74.2 Å². The normalized spacial score (nSPS) is 14.1. The summed E-state index contributed by atoms with van der Waals surface area (Å²) < 4.78 is 5.74. The Morgan fingerprint density at radius 2 is 1.42 bits per heavy atom. The molecule has 1 saturated carbocycles. The van der Waals surface area contributed by atoms with Gasteiger partial charge in [-0.15, -0.1) is 0 Å². The molecule has 0 saturated heterocycles. The van der Waals surface area contributed by atoms with E-state index in [4.69, 9.17) is 16.3 Å². The molecule has 0 amide bonds. The number of ether oxygens (including phenoxy) is 1. The summed E-state index contributed by atoms with van der Waals surface area (Å²) in [6.07, 6.45) is 5.19. The molecule has 0 spiro atoms. The summed E-state index contributed by atoms with van der Waals surface area (Å²) in [6.45, 7) is 4.26. The molecule has 0 aromatic heterocycles. The van der Waals surface area contributed by atoms with E-state index in [2.05, 4.69) is 73.0 Å². The van der Waals surface area contributed by atoms with Crippen molar-refractivity contribution in [3.05, 3.63) is 65.7 Å². The van der Waals surface area contributed by atoms with Crippen LogP contribution in [0, 0.1) is 0 Å². The summed E-state index contributed by atoms with van der Waals surface area (Å²) in [5, 5.41) is 7.78. The monoisotopic (exact) mass is 434 g/mol. The van der Waals surface area contributed by atoms with Crippen molar-refractivity contribution in [2.75, 3.05) is 17.7 Å². The van der Waals surface area contributed by atoms with Gasteiger partial charge in [-0.25, -0.2) is 0 Å². The number of nitrogens with one attached hydrogen (secondary N) is 2. The number of hydrogen-bond acceptors (Lipinski definition) is 3. The zero-order valence-electron chi connectivity index (χ0n) is 18.5. The number of anilines is 2. The van der Waals surface area contributed by atoms with Crippen molar-refractivity contribution in [3.63, 3.8) is 0 Å². The third-order valence-corrected chi connectivity index (χ3v) is 6.17. The zero-order chi connectivity index (χ0) is 21.8. The highest BCUT2D eigenvalue weighted by Crippen LogP contribution is 2.40. The van der Waals surface area contributed by atoms with Crippen molar-refractivity contribution in [1.29, 1.82) is 0 Å². The molecule has 0 unspecified atom stereocenters. The van der Waals surface area contributed by atoms with Crippen molar-refractivity contribution >= 4 is 23.0 Å². The fourth-order valence-corrected chi connectivity index (χ4v) is 4.57. The number of rotatable bonds is 7. The summed E-state index contributed by atoms with van der Waals surface area (Å²) in [5.74, 6) is 0.820. The van der Waals surface area contributed by atoms with Gasteiger partial charge in [-0.1, -0.05) is 48.7 Å². The van der Waals surface area contributed by atoms with Crippen LogP contribution >= 0.6 is 11.6 Å². The Hall–Kier alpha value is -2.65. The van der Waals surface area contributed by atoms with Gasteiger partial charge >= 0.3 is 0 Å². The van der Waals surface area contributed by atoms with Gasteiger partial charge in [0.1, 0.15) is 5.75 Å². The second-order valence-electron chi connectivity index (χ2n) is 8.61.